The van der Waals surface area contributed by atoms with Crippen LogP contribution in [0.2, 0.25) is 0 Å². The van der Waals surface area contributed by atoms with Gasteiger partial charge < -0.3 is 20.1 Å². The second-order valence-electron chi connectivity index (χ2n) is 6.28. The molecule has 0 unspecified atom stereocenters. The average Bonchev–Trinajstić information content (AvgIpc) is 3.15. The number of ether oxygens (including phenoxy) is 2. The van der Waals surface area contributed by atoms with Gasteiger partial charge >= 0.3 is 0 Å². The molecule has 29 heavy (non-hydrogen) atoms. The van der Waals surface area contributed by atoms with Gasteiger partial charge in [-0.25, -0.2) is 4.98 Å². The summed E-state index contributed by atoms with van der Waals surface area (Å²) < 4.78 is 12.3. The smallest absolute Gasteiger partial charge is 0.287 e. The Morgan fingerprint density at radius 1 is 1.00 bits per heavy atom. The first-order chi connectivity index (χ1) is 14.1. The van der Waals surface area contributed by atoms with Crippen LogP contribution in [0.5, 0.6) is 11.5 Å². The van der Waals surface area contributed by atoms with Crippen molar-refractivity contribution in [1.82, 2.24) is 20.0 Å². The summed E-state index contributed by atoms with van der Waals surface area (Å²) >= 11 is 0. The van der Waals surface area contributed by atoms with E-state index < -0.39 is 0 Å². The van der Waals surface area contributed by atoms with Gasteiger partial charge in [-0.05, 0) is 42.8 Å². The highest BCUT2D eigenvalue weighted by Gasteiger charge is 2.20. The number of pyridine rings is 1. The van der Waals surface area contributed by atoms with E-state index in [-0.39, 0.29) is 23.3 Å². The Kier molecular flexibility index (Phi) is 6.67. The van der Waals surface area contributed by atoms with Crippen LogP contribution in [0.3, 0.4) is 0 Å². The number of carbonyl (C=O) groups excluding carboxylic acids is 2. The van der Waals surface area contributed by atoms with Crippen molar-refractivity contribution in [2.45, 2.75) is 13.3 Å². The van der Waals surface area contributed by atoms with Crippen LogP contribution in [-0.4, -0.2) is 48.0 Å². The summed E-state index contributed by atoms with van der Waals surface area (Å²) in [6.45, 7) is 3.11. The zero-order valence-corrected chi connectivity index (χ0v) is 16.5. The number of nitrogens with one attached hydrogen (secondary N) is 2. The second-order valence-corrected chi connectivity index (χ2v) is 6.28. The third kappa shape index (κ3) is 4.84. The van der Waals surface area contributed by atoms with Gasteiger partial charge in [0, 0.05) is 12.7 Å². The number of rotatable bonds is 9. The maximum absolute atomic E-state index is 12.6. The molecule has 2 N–H and O–H groups in total. The molecule has 0 aliphatic carbocycles. The predicted molar refractivity (Wildman–Crippen MR) is 109 cm³/mol. The standard InChI is InChI=1S/C21H24N4O4/c1-3-11-22-20(26)18-17-6-4-5-13-25(17)19(24-18)21(27)23-12-14-29-16-9-7-15(28-2)8-10-16/h4-10,13H,3,11-12,14H2,1-2H3,(H,22,26)(H,23,27). The van der Waals surface area contributed by atoms with Crippen molar-refractivity contribution in [3.05, 3.63) is 60.2 Å². The van der Waals surface area contributed by atoms with E-state index in [1.165, 1.54) is 0 Å². The van der Waals surface area contributed by atoms with Crippen molar-refractivity contribution in [3.8, 4) is 11.5 Å². The van der Waals surface area contributed by atoms with Crippen LogP contribution in [0.4, 0.5) is 0 Å². The lowest BCUT2D eigenvalue weighted by molar-refractivity contribution is 0.0936. The molecule has 2 heterocycles. The number of amides is 2. The van der Waals surface area contributed by atoms with Crippen LogP contribution in [0, 0.1) is 0 Å². The Morgan fingerprint density at radius 3 is 2.45 bits per heavy atom. The van der Waals surface area contributed by atoms with Gasteiger partial charge in [-0.2, -0.15) is 0 Å². The molecule has 0 bridgehead atoms. The molecule has 0 aliphatic heterocycles. The monoisotopic (exact) mass is 396 g/mol. The minimum atomic E-state index is -0.376. The Balaban J connectivity index is 1.63. The van der Waals surface area contributed by atoms with Gasteiger partial charge in [0.1, 0.15) is 18.1 Å². The van der Waals surface area contributed by atoms with Crippen molar-refractivity contribution in [2.24, 2.45) is 0 Å². The SMILES string of the molecule is CCCNC(=O)c1nc(C(=O)NCCOc2ccc(OC)cc2)n2ccccc12. The number of carbonyl (C=O) groups is 2. The van der Waals surface area contributed by atoms with Gasteiger partial charge in [-0.15, -0.1) is 0 Å². The van der Waals surface area contributed by atoms with E-state index in [9.17, 15) is 9.59 Å². The summed E-state index contributed by atoms with van der Waals surface area (Å²) in [6.07, 6.45) is 2.53. The van der Waals surface area contributed by atoms with Crippen molar-refractivity contribution in [1.29, 1.82) is 0 Å². The van der Waals surface area contributed by atoms with Gasteiger partial charge in [-0.1, -0.05) is 13.0 Å². The van der Waals surface area contributed by atoms with Gasteiger partial charge in [-0.3, -0.25) is 14.0 Å². The van der Waals surface area contributed by atoms with Crippen molar-refractivity contribution < 1.29 is 19.1 Å². The third-order valence-electron chi connectivity index (χ3n) is 4.22. The topological polar surface area (TPSA) is 94.0 Å². The van der Waals surface area contributed by atoms with Crippen LogP contribution in [0.15, 0.2) is 48.7 Å². The molecule has 3 aromatic rings. The summed E-state index contributed by atoms with van der Waals surface area (Å²) in [5.41, 5.74) is 0.819. The lowest BCUT2D eigenvalue weighted by Crippen LogP contribution is -2.30. The summed E-state index contributed by atoms with van der Waals surface area (Å²) in [7, 11) is 1.60. The molecule has 0 saturated heterocycles. The fourth-order valence-electron chi connectivity index (χ4n) is 2.77. The number of benzene rings is 1. The van der Waals surface area contributed by atoms with Crippen molar-refractivity contribution in [2.75, 3.05) is 26.8 Å². The molecule has 8 heteroatoms. The molecule has 1 aromatic carbocycles. The van der Waals surface area contributed by atoms with Crippen LogP contribution in [0.25, 0.3) is 5.52 Å². The van der Waals surface area contributed by atoms with E-state index in [1.807, 2.05) is 6.92 Å². The first-order valence-electron chi connectivity index (χ1n) is 9.44. The molecule has 2 amide bonds. The van der Waals surface area contributed by atoms with E-state index in [4.69, 9.17) is 9.47 Å². The highest BCUT2D eigenvalue weighted by Crippen LogP contribution is 2.17. The minimum Gasteiger partial charge on any atom is -0.497 e. The summed E-state index contributed by atoms with van der Waals surface area (Å²) in [5, 5.41) is 5.57. The Morgan fingerprint density at radius 2 is 1.72 bits per heavy atom. The molecular formula is C21H24N4O4. The quantitative estimate of drug-likeness (QED) is 0.541. The fourth-order valence-corrected chi connectivity index (χ4v) is 2.77. The molecule has 3 rings (SSSR count). The zero-order chi connectivity index (χ0) is 20.6. The molecular weight excluding hydrogens is 372 g/mol. The summed E-state index contributed by atoms with van der Waals surface area (Å²) in [4.78, 5) is 29.3. The Bertz CT molecular complexity index is 982. The molecule has 0 saturated carbocycles. The summed E-state index contributed by atoms with van der Waals surface area (Å²) in [5.74, 6) is 0.917. The first kappa shape index (κ1) is 20.2. The molecule has 0 radical (unpaired) electrons. The molecule has 0 fully saturated rings. The maximum Gasteiger partial charge on any atom is 0.287 e. The molecule has 0 spiro atoms. The van der Waals surface area contributed by atoms with Gasteiger partial charge in [0.2, 0.25) is 5.82 Å². The van der Waals surface area contributed by atoms with Crippen LogP contribution >= 0.6 is 0 Å². The normalized spacial score (nSPS) is 10.6. The highest BCUT2D eigenvalue weighted by atomic mass is 16.5. The number of nitrogens with zero attached hydrogens (tertiary/aromatic N) is 2. The van der Waals surface area contributed by atoms with Crippen LogP contribution in [-0.2, 0) is 0 Å². The molecule has 0 atom stereocenters. The average molecular weight is 396 g/mol. The minimum absolute atomic E-state index is 0.159. The van der Waals surface area contributed by atoms with E-state index in [1.54, 1.807) is 60.2 Å². The summed E-state index contributed by atoms with van der Waals surface area (Å²) in [6, 6.07) is 12.5. The van der Waals surface area contributed by atoms with Gasteiger partial charge in [0.25, 0.3) is 11.8 Å². The van der Waals surface area contributed by atoms with E-state index >= 15 is 0 Å². The number of fused-ring (bicyclic) bond motifs is 1. The van der Waals surface area contributed by atoms with Gasteiger partial charge in [0.15, 0.2) is 5.69 Å². The Labute approximate surface area is 168 Å². The van der Waals surface area contributed by atoms with Crippen LogP contribution in [0.1, 0.15) is 34.5 Å². The lowest BCUT2D eigenvalue weighted by Gasteiger charge is -2.08. The lowest BCUT2D eigenvalue weighted by atomic mass is 10.3. The predicted octanol–water partition coefficient (Wildman–Crippen LogP) is 2.29. The third-order valence-corrected chi connectivity index (χ3v) is 4.22. The fraction of sp³-hybridized carbons (Fsp3) is 0.286. The number of methoxy groups -OCH3 is 1. The van der Waals surface area contributed by atoms with Crippen molar-refractivity contribution >= 4 is 17.3 Å². The number of hydrogen-bond acceptors (Lipinski definition) is 5. The molecule has 152 valence electrons. The van der Waals surface area contributed by atoms with E-state index in [0.717, 1.165) is 12.2 Å². The number of hydrogen-bond donors (Lipinski definition) is 2. The first-order valence-corrected chi connectivity index (χ1v) is 9.44. The van der Waals surface area contributed by atoms with E-state index in [2.05, 4.69) is 15.6 Å². The highest BCUT2D eigenvalue weighted by molar-refractivity contribution is 6.02. The van der Waals surface area contributed by atoms with E-state index in [0.29, 0.717) is 31.0 Å². The second kappa shape index (κ2) is 9.59. The number of imidazole rings is 1. The maximum atomic E-state index is 12.6. The largest absolute Gasteiger partial charge is 0.497 e. The molecule has 0 aliphatic rings. The zero-order valence-electron chi connectivity index (χ0n) is 16.5. The van der Waals surface area contributed by atoms with Gasteiger partial charge in [0.05, 0.1) is 19.2 Å². The van der Waals surface area contributed by atoms with Crippen LogP contribution < -0.4 is 20.1 Å². The molecule has 8 nitrogen and oxygen atoms in total. The Hall–Kier alpha value is -3.55. The van der Waals surface area contributed by atoms with Crippen molar-refractivity contribution in [3.63, 3.8) is 0 Å². The molecule has 2 aromatic heterocycles. The number of aromatic nitrogens is 2.